The lowest BCUT2D eigenvalue weighted by Crippen LogP contribution is -2.30. The van der Waals surface area contributed by atoms with Crippen LogP contribution in [0.3, 0.4) is 0 Å². The number of anilines is 1. The third-order valence-electron chi connectivity index (χ3n) is 3.33. The van der Waals surface area contributed by atoms with Gasteiger partial charge in [0.15, 0.2) is 0 Å². The molecule has 2 nitrogen and oxygen atoms in total. The highest BCUT2D eigenvalue weighted by Crippen LogP contribution is 2.21. The molecule has 1 atom stereocenters. The standard InChI is InChI=1S/C15H26N2/c1-5-6-14(10-16)11-17(4)15-8-7-12(2)9-13(15)3/h7-9,14H,5-6,10-11,16H2,1-4H3. The zero-order valence-corrected chi connectivity index (χ0v) is 11.7. The van der Waals surface area contributed by atoms with Crippen LogP contribution in [0.1, 0.15) is 30.9 Å². The molecule has 2 heteroatoms. The van der Waals surface area contributed by atoms with Gasteiger partial charge in [0.1, 0.15) is 0 Å². The molecule has 0 saturated carbocycles. The summed E-state index contributed by atoms with van der Waals surface area (Å²) in [6.45, 7) is 8.36. The largest absolute Gasteiger partial charge is 0.374 e. The third kappa shape index (κ3) is 4.04. The monoisotopic (exact) mass is 234 g/mol. The number of hydrogen-bond acceptors (Lipinski definition) is 2. The van der Waals surface area contributed by atoms with Crippen LogP contribution >= 0.6 is 0 Å². The first-order valence-corrected chi connectivity index (χ1v) is 6.57. The van der Waals surface area contributed by atoms with Gasteiger partial charge in [-0.1, -0.05) is 31.0 Å². The molecule has 0 aliphatic carbocycles. The van der Waals surface area contributed by atoms with Gasteiger partial charge in [0.2, 0.25) is 0 Å². The van der Waals surface area contributed by atoms with Crippen molar-refractivity contribution in [3.8, 4) is 0 Å². The molecule has 0 amide bonds. The molecule has 0 fully saturated rings. The van der Waals surface area contributed by atoms with Crippen molar-refractivity contribution in [1.29, 1.82) is 0 Å². The minimum absolute atomic E-state index is 0.603. The van der Waals surface area contributed by atoms with Crippen LogP contribution in [0.2, 0.25) is 0 Å². The average Bonchev–Trinajstić information content (AvgIpc) is 2.28. The van der Waals surface area contributed by atoms with Crippen LogP contribution in [-0.2, 0) is 0 Å². The Morgan fingerprint density at radius 1 is 1.29 bits per heavy atom. The highest BCUT2D eigenvalue weighted by atomic mass is 15.1. The Bertz CT molecular complexity index is 347. The van der Waals surface area contributed by atoms with Gasteiger partial charge in [-0.2, -0.15) is 0 Å². The van der Waals surface area contributed by atoms with Gasteiger partial charge in [0.05, 0.1) is 0 Å². The molecule has 0 aromatic heterocycles. The predicted octanol–water partition coefficient (Wildman–Crippen LogP) is 3.11. The summed E-state index contributed by atoms with van der Waals surface area (Å²) in [4.78, 5) is 2.34. The molecule has 1 rings (SSSR count). The van der Waals surface area contributed by atoms with Gasteiger partial charge in [0, 0.05) is 19.3 Å². The maximum atomic E-state index is 5.82. The molecule has 1 unspecified atom stereocenters. The summed E-state index contributed by atoms with van der Waals surface area (Å²) in [5.74, 6) is 0.603. The van der Waals surface area contributed by atoms with Crippen LogP contribution in [0.15, 0.2) is 18.2 Å². The van der Waals surface area contributed by atoms with E-state index < -0.39 is 0 Å². The van der Waals surface area contributed by atoms with Crippen LogP contribution in [0.25, 0.3) is 0 Å². The molecule has 2 N–H and O–H groups in total. The van der Waals surface area contributed by atoms with Crippen LogP contribution in [0, 0.1) is 19.8 Å². The first kappa shape index (κ1) is 14.0. The fourth-order valence-corrected chi connectivity index (χ4v) is 2.41. The van der Waals surface area contributed by atoms with E-state index in [1.54, 1.807) is 0 Å². The van der Waals surface area contributed by atoms with Crippen molar-refractivity contribution >= 4 is 5.69 Å². The summed E-state index contributed by atoms with van der Waals surface area (Å²) in [7, 11) is 2.16. The minimum atomic E-state index is 0.603. The fraction of sp³-hybridized carbons (Fsp3) is 0.600. The smallest absolute Gasteiger partial charge is 0.0393 e. The molecule has 0 aliphatic heterocycles. The number of rotatable bonds is 6. The van der Waals surface area contributed by atoms with E-state index in [1.165, 1.54) is 29.7 Å². The van der Waals surface area contributed by atoms with E-state index in [2.05, 4.69) is 50.9 Å². The normalized spacial score (nSPS) is 12.5. The van der Waals surface area contributed by atoms with Crippen molar-refractivity contribution in [3.63, 3.8) is 0 Å². The Labute approximate surface area is 106 Å². The van der Waals surface area contributed by atoms with Crippen molar-refractivity contribution in [2.75, 3.05) is 25.0 Å². The van der Waals surface area contributed by atoms with Crippen LogP contribution in [-0.4, -0.2) is 20.1 Å². The molecule has 0 radical (unpaired) electrons. The van der Waals surface area contributed by atoms with E-state index in [-0.39, 0.29) is 0 Å². The number of aryl methyl sites for hydroxylation is 2. The first-order chi connectivity index (χ1) is 8.08. The fourth-order valence-electron chi connectivity index (χ4n) is 2.41. The Morgan fingerprint density at radius 3 is 2.53 bits per heavy atom. The molecule has 17 heavy (non-hydrogen) atoms. The van der Waals surface area contributed by atoms with Gasteiger partial charge in [-0.3, -0.25) is 0 Å². The van der Waals surface area contributed by atoms with Gasteiger partial charge >= 0.3 is 0 Å². The van der Waals surface area contributed by atoms with E-state index in [4.69, 9.17) is 5.73 Å². The van der Waals surface area contributed by atoms with E-state index in [1.807, 2.05) is 0 Å². The van der Waals surface area contributed by atoms with E-state index in [0.29, 0.717) is 5.92 Å². The molecule has 96 valence electrons. The lowest BCUT2D eigenvalue weighted by atomic mass is 10.0. The molecule has 1 aromatic carbocycles. The molecule has 0 saturated heterocycles. The van der Waals surface area contributed by atoms with Gasteiger partial charge in [-0.05, 0) is 44.4 Å². The average molecular weight is 234 g/mol. The summed E-state index contributed by atoms with van der Waals surface area (Å²) >= 11 is 0. The maximum absolute atomic E-state index is 5.82. The summed E-state index contributed by atoms with van der Waals surface area (Å²) in [5.41, 5.74) is 9.81. The lowest BCUT2D eigenvalue weighted by Gasteiger charge is -2.26. The Morgan fingerprint density at radius 2 is 2.00 bits per heavy atom. The third-order valence-corrected chi connectivity index (χ3v) is 3.33. The Balaban J connectivity index is 2.71. The van der Waals surface area contributed by atoms with Gasteiger partial charge < -0.3 is 10.6 Å². The van der Waals surface area contributed by atoms with E-state index >= 15 is 0 Å². The topological polar surface area (TPSA) is 29.3 Å². The zero-order chi connectivity index (χ0) is 12.8. The molecular weight excluding hydrogens is 208 g/mol. The second-order valence-corrected chi connectivity index (χ2v) is 5.06. The molecular formula is C15H26N2. The first-order valence-electron chi connectivity index (χ1n) is 6.57. The summed E-state index contributed by atoms with van der Waals surface area (Å²) < 4.78 is 0. The number of nitrogens with zero attached hydrogens (tertiary/aromatic N) is 1. The molecule has 0 spiro atoms. The number of hydrogen-bond donors (Lipinski definition) is 1. The molecule has 0 aliphatic rings. The minimum Gasteiger partial charge on any atom is -0.374 e. The molecule has 1 aromatic rings. The lowest BCUT2D eigenvalue weighted by molar-refractivity contribution is 0.490. The van der Waals surface area contributed by atoms with E-state index in [9.17, 15) is 0 Å². The zero-order valence-electron chi connectivity index (χ0n) is 11.7. The number of benzene rings is 1. The van der Waals surface area contributed by atoms with Crippen molar-refractivity contribution in [2.24, 2.45) is 11.7 Å². The van der Waals surface area contributed by atoms with Crippen LogP contribution < -0.4 is 10.6 Å². The van der Waals surface area contributed by atoms with Crippen LogP contribution in [0.5, 0.6) is 0 Å². The van der Waals surface area contributed by atoms with Gasteiger partial charge in [-0.25, -0.2) is 0 Å². The summed E-state index contributed by atoms with van der Waals surface area (Å²) in [6.07, 6.45) is 2.42. The van der Waals surface area contributed by atoms with Gasteiger partial charge in [0.25, 0.3) is 0 Å². The quantitative estimate of drug-likeness (QED) is 0.819. The Kier molecular flexibility index (Phi) is 5.49. The second kappa shape index (κ2) is 6.65. The highest BCUT2D eigenvalue weighted by Gasteiger charge is 2.11. The van der Waals surface area contributed by atoms with Gasteiger partial charge in [-0.15, -0.1) is 0 Å². The predicted molar refractivity (Wildman–Crippen MR) is 76.6 cm³/mol. The molecule has 0 bridgehead atoms. The van der Waals surface area contributed by atoms with Crippen molar-refractivity contribution in [3.05, 3.63) is 29.3 Å². The second-order valence-electron chi connectivity index (χ2n) is 5.06. The summed E-state index contributed by atoms with van der Waals surface area (Å²) in [6, 6.07) is 6.63. The molecule has 0 heterocycles. The number of nitrogens with two attached hydrogens (primary N) is 1. The van der Waals surface area contributed by atoms with Crippen molar-refractivity contribution in [2.45, 2.75) is 33.6 Å². The van der Waals surface area contributed by atoms with E-state index in [0.717, 1.165) is 13.1 Å². The van der Waals surface area contributed by atoms with Crippen molar-refractivity contribution < 1.29 is 0 Å². The Hall–Kier alpha value is -1.02. The maximum Gasteiger partial charge on any atom is 0.0393 e. The van der Waals surface area contributed by atoms with Crippen molar-refractivity contribution in [1.82, 2.24) is 0 Å². The van der Waals surface area contributed by atoms with Crippen LogP contribution in [0.4, 0.5) is 5.69 Å². The summed E-state index contributed by atoms with van der Waals surface area (Å²) in [5, 5.41) is 0. The SMILES string of the molecule is CCCC(CN)CN(C)c1ccc(C)cc1C. The highest BCUT2D eigenvalue weighted by molar-refractivity contribution is 5.53.